The zero-order valence-corrected chi connectivity index (χ0v) is 38.0. The number of hydrogen-bond acceptors (Lipinski definition) is 14. The summed E-state index contributed by atoms with van der Waals surface area (Å²) in [6, 6.07) is 15.3. The second-order valence-electron chi connectivity index (χ2n) is 15.8. The van der Waals surface area contributed by atoms with Crippen molar-refractivity contribution in [1.29, 1.82) is 0 Å². The Bertz CT molecular complexity index is 2350. The highest BCUT2D eigenvalue weighted by Crippen LogP contribution is 2.39. The molecule has 0 unspecified atom stereocenters. The fourth-order valence-corrected chi connectivity index (χ4v) is 10.4. The highest BCUT2D eigenvalue weighted by Gasteiger charge is 2.42. The Labute approximate surface area is 371 Å². The van der Waals surface area contributed by atoms with Crippen molar-refractivity contribution in [2.75, 3.05) is 65.9 Å². The summed E-state index contributed by atoms with van der Waals surface area (Å²) >= 11 is 3.67. The lowest BCUT2D eigenvalue weighted by atomic mass is 9.74. The van der Waals surface area contributed by atoms with Crippen LogP contribution >= 0.6 is 23.1 Å². The number of likely N-dealkylation sites (tertiary alicyclic amines) is 1. The second kappa shape index (κ2) is 22.5. The van der Waals surface area contributed by atoms with E-state index in [9.17, 15) is 19.2 Å². The number of benzene rings is 2. The third kappa shape index (κ3) is 11.6. The quantitative estimate of drug-likeness (QED) is 0.0725. The average molecular weight is 889 g/mol. The first-order chi connectivity index (χ1) is 30.1. The SMILES string of the molecule is CCOC(=O)C1(CCCn2c(=O)cnc3ccc(OC)cc32)CCN(CCSc2cccs2)CC1.CCOC(=O)C1(CCCn2c(=O)cnc3ccc(OC)cc32)CCNCC1. The molecule has 334 valence electrons. The molecule has 2 aliphatic heterocycles. The van der Waals surface area contributed by atoms with E-state index in [0.29, 0.717) is 57.1 Å². The van der Waals surface area contributed by atoms with Gasteiger partial charge in [-0.3, -0.25) is 19.2 Å². The number of aromatic nitrogens is 4. The number of thiophene rings is 1. The molecule has 14 nitrogen and oxygen atoms in total. The van der Waals surface area contributed by atoms with Gasteiger partial charge in [-0.15, -0.1) is 23.1 Å². The lowest BCUT2D eigenvalue weighted by molar-refractivity contribution is -0.159. The van der Waals surface area contributed by atoms with Gasteiger partial charge in [0.2, 0.25) is 0 Å². The molecule has 0 amide bonds. The highest BCUT2D eigenvalue weighted by atomic mass is 32.2. The van der Waals surface area contributed by atoms with Gasteiger partial charge >= 0.3 is 11.9 Å². The van der Waals surface area contributed by atoms with Crippen LogP contribution in [0.1, 0.15) is 65.2 Å². The van der Waals surface area contributed by atoms with E-state index < -0.39 is 10.8 Å². The van der Waals surface area contributed by atoms with E-state index in [0.717, 1.165) is 92.6 Å². The maximum atomic E-state index is 13.1. The molecule has 5 aromatic rings. The van der Waals surface area contributed by atoms with Gasteiger partial charge in [0.15, 0.2) is 0 Å². The van der Waals surface area contributed by atoms with Gasteiger partial charge in [-0.2, -0.15) is 0 Å². The van der Waals surface area contributed by atoms with Crippen LogP contribution in [0, 0.1) is 10.8 Å². The third-order valence-corrected chi connectivity index (χ3v) is 14.2. The minimum atomic E-state index is -0.489. The molecule has 0 atom stereocenters. The molecule has 0 spiro atoms. The molecule has 2 saturated heterocycles. The largest absolute Gasteiger partial charge is 0.497 e. The summed E-state index contributed by atoms with van der Waals surface area (Å²) in [6.45, 7) is 9.94. The highest BCUT2D eigenvalue weighted by molar-refractivity contribution is 8.01. The summed E-state index contributed by atoms with van der Waals surface area (Å²) in [5.41, 5.74) is 1.76. The molecule has 3 aromatic heterocycles. The van der Waals surface area contributed by atoms with E-state index in [1.54, 1.807) is 34.7 Å². The normalized spacial score (nSPS) is 16.0. The van der Waals surface area contributed by atoms with Gasteiger partial charge in [0.25, 0.3) is 11.1 Å². The average Bonchev–Trinajstić information content (AvgIpc) is 3.82. The van der Waals surface area contributed by atoms with E-state index >= 15 is 0 Å². The minimum absolute atomic E-state index is 0.0961. The van der Waals surface area contributed by atoms with Crippen molar-refractivity contribution in [3.8, 4) is 11.5 Å². The summed E-state index contributed by atoms with van der Waals surface area (Å²) in [7, 11) is 3.20. The van der Waals surface area contributed by atoms with Crippen LogP contribution in [0.5, 0.6) is 11.5 Å². The molecule has 5 heterocycles. The van der Waals surface area contributed by atoms with Crippen molar-refractivity contribution in [2.45, 2.75) is 82.5 Å². The Hall–Kier alpha value is -4.77. The zero-order valence-electron chi connectivity index (χ0n) is 36.4. The number of methoxy groups -OCH3 is 2. The van der Waals surface area contributed by atoms with Gasteiger partial charge in [-0.05, 0) is 127 Å². The Morgan fingerprint density at radius 1 is 0.742 bits per heavy atom. The number of aryl methyl sites for hydroxylation is 2. The van der Waals surface area contributed by atoms with Gasteiger partial charge < -0.3 is 38.3 Å². The van der Waals surface area contributed by atoms with E-state index in [4.69, 9.17) is 18.9 Å². The number of esters is 2. The van der Waals surface area contributed by atoms with Gasteiger partial charge in [0, 0.05) is 37.5 Å². The summed E-state index contributed by atoms with van der Waals surface area (Å²) in [6.07, 6.45) is 8.65. The zero-order chi connectivity index (χ0) is 44.0. The fraction of sp³-hybridized carbons (Fsp3) is 0.522. The number of carbonyl (C=O) groups excluding carboxylic acids is 2. The number of nitrogens with one attached hydrogen (secondary N) is 1. The van der Waals surface area contributed by atoms with Crippen molar-refractivity contribution >= 4 is 57.1 Å². The lowest BCUT2D eigenvalue weighted by Crippen LogP contribution is -2.46. The van der Waals surface area contributed by atoms with E-state index in [2.05, 4.69) is 37.7 Å². The smallest absolute Gasteiger partial charge is 0.312 e. The molecule has 1 N–H and O–H groups in total. The van der Waals surface area contributed by atoms with Crippen LogP contribution in [-0.2, 0) is 32.2 Å². The van der Waals surface area contributed by atoms with Gasteiger partial charge in [-0.25, -0.2) is 9.97 Å². The summed E-state index contributed by atoms with van der Waals surface area (Å²) in [5.74, 6) is 2.21. The first-order valence-electron chi connectivity index (χ1n) is 21.7. The number of thioether (sulfide) groups is 1. The topological polar surface area (TPSA) is 156 Å². The van der Waals surface area contributed by atoms with Crippen LogP contribution in [-0.4, -0.2) is 102 Å². The lowest BCUT2D eigenvalue weighted by Gasteiger charge is -2.40. The first-order valence-corrected chi connectivity index (χ1v) is 23.5. The predicted molar refractivity (Wildman–Crippen MR) is 245 cm³/mol. The molecular weight excluding hydrogens is 829 g/mol. The molecule has 0 aliphatic carbocycles. The fourth-order valence-electron chi connectivity index (χ4n) is 8.56. The molecule has 0 saturated carbocycles. The predicted octanol–water partition coefficient (Wildman–Crippen LogP) is 6.80. The van der Waals surface area contributed by atoms with Crippen molar-refractivity contribution in [3.63, 3.8) is 0 Å². The maximum absolute atomic E-state index is 13.1. The molecule has 2 fully saturated rings. The van der Waals surface area contributed by atoms with Gasteiger partial charge in [0.1, 0.15) is 11.5 Å². The Morgan fingerprint density at radius 3 is 1.73 bits per heavy atom. The van der Waals surface area contributed by atoms with Crippen LogP contribution in [0.25, 0.3) is 22.1 Å². The number of rotatable bonds is 18. The molecule has 0 radical (unpaired) electrons. The molecular formula is C46H60N6O8S2. The molecule has 7 rings (SSSR count). The van der Waals surface area contributed by atoms with Gasteiger partial charge in [-0.1, -0.05) is 6.07 Å². The second-order valence-corrected chi connectivity index (χ2v) is 18.1. The molecule has 2 aliphatic rings. The summed E-state index contributed by atoms with van der Waals surface area (Å²) < 4.78 is 26.3. The molecule has 16 heteroatoms. The van der Waals surface area contributed by atoms with Crippen LogP contribution in [0.4, 0.5) is 0 Å². The first kappa shape index (κ1) is 46.7. The molecule has 0 bridgehead atoms. The maximum Gasteiger partial charge on any atom is 0.312 e. The Kier molecular flexibility index (Phi) is 17.0. The number of fused-ring (bicyclic) bond motifs is 2. The molecule has 62 heavy (non-hydrogen) atoms. The number of hydrogen-bond donors (Lipinski definition) is 1. The van der Waals surface area contributed by atoms with Crippen molar-refractivity contribution < 1.29 is 28.5 Å². The van der Waals surface area contributed by atoms with Gasteiger partial charge in [0.05, 0.1) is 76.9 Å². The van der Waals surface area contributed by atoms with Crippen LogP contribution in [0.15, 0.2) is 80.1 Å². The van der Waals surface area contributed by atoms with Crippen molar-refractivity contribution in [1.82, 2.24) is 29.3 Å². The van der Waals surface area contributed by atoms with Crippen LogP contribution in [0.3, 0.4) is 0 Å². The minimum Gasteiger partial charge on any atom is -0.497 e. The van der Waals surface area contributed by atoms with Crippen LogP contribution in [0.2, 0.25) is 0 Å². The summed E-state index contributed by atoms with van der Waals surface area (Å²) in [5, 5.41) is 5.41. The van der Waals surface area contributed by atoms with E-state index in [1.807, 2.05) is 62.0 Å². The number of nitrogens with zero attached hydrogens (tertiary/aromatic N) is 5. The summed E-state index contributed by atoms with van der Waals surface area (Å²) in [4.78, 5) is 61.6. The standard InChI is InChI=1S/C26H33N3O4S2.C20H27N3O4/c1-3-33-25(31)26(10-13-28(14-11-26)15-17-35-24-6-4-16-34-24)9-5-12-29-22-18-20(32-2)7-8-21(22)27-19-23(29)30;1-3-27-19(25)20(8-10-21-11-9-20)7-4-12-23-17-13-15(26-2)5-6-16(17)22-14-18(23)24/h4,6-8,16,18-19H,3,5,9-15,17H2,1-2H3;5-6,13-14,21H,3-4,7-12H2,1-2H3. The van der Waals surface area contributed by atoms with E-state index in [1.165, 1.54) is 16.6 Å². The Balaban J connectivity index is 0.000000214. The van der Waals surface area contributed by atoms with Crippen molar-refractivity contribution in [3.05, 3.63) is 87.0 Å². The monoisotopic (exact) mass is 888 g/mol. The van der Waals surface area contributed by atoms with Crippen molar-refractivity contribution in [2.24, 2.45) is 10.8 Å². The number of ether oxygens (including phenoxy) is 4. The molecule has 2 aromatic carbocycles. The van der Waals surface area contributed by atoms with E-state index in [-0.39, 0.29) is 23.1 Å². The number of carbonyl (C=O) groups is 2. The Morgan fingerprint density at radius 2 is 1.26 bits per heavy atom. The number of piperidine rings is 2. The van der Waals surface area contributed by atoms with Crippen LogP contribution < -0.4 is 25.9 Å². The third-order valence-electron chi connectivity index (χ3n) is 12.1.